The van der Waals surface area contributed by atoms with Crippen molar-refractivity contribution < 1.29 is 4.74 Å². The molecule has 2 aromatic rings. The molecule has 0 spiro atoms. The van der Waals surface area contributed by atoms with E-state index in [1.165, 1.54) is 16.7 Å². The highest BCUT2D eigenvalue weighted by atomic mass is 16.5. The molecular weight excluding hydrogens is 280 g/mol. The summed E-state index contributed by atoms with van der Waals surface area (Å²) in [5.41, 5.74) is 4.24. The molecule has 0 N–H and O–H groups in total. The molecule has 0 aromatic heterocycles. The Bertz CT molecular complexity index is 541. The zero-order valence-corrected chi connectivity index (χ0v) is 14.9. The molecule has 0 aliphatic carbocycles. The van der Waals surface area contributed by atoms with Gasteiger partial charge in [-0.3, -0.25) is 0 Å². The van der Waals surface area contributed by atoms with Crippen LogP contribution in [0.5, 0.6) is 5.75 Å². The predicted octanol–water partition coefficient (Wildman–Crippen LogP) is 6.78. The van der Waals surface area contributed by atoms with Crippen LogP contribution in [-0.4, -0.2) is 6.61 Å². The number of rotatable bonds is 4. The van der Waals surface area contributed by atoms with Crippen LogP contribution in [0.2, 0.25) is 0 Å². The second kappa shape index (κ2) is 10.9. The van der Waals surface area contributed by atoms with Crippen molar-refractivity contribution in [3.05, 3.63) is 65.2 Å². The first-order valence-electron chi connectivity index (χ1n) is 8.15. The van der Waals surface area contributed by atoms with E-state index in [4.69, 9.17) is 4.74 Å². The minimum absolute atomic E-state index is 0. The zero-order chi connectivity index (χ0) is 16.5. The highest BCUT2D eigenvalue weighted by Crippen LogP contribution is 2.19. The maximum Gasteiger partial charge on any atom is 0.119 e. The van der Waals surface area contributed by atoms with Crippen LogP contribution in [0.3, 0.4) is 0 Å². The Labute approximate surface area is 143 Å². The minimum atomic E-state index is 0. The van der Waals surface area contributed by atoms with Crippen molar-refractivity contribution >= 4 is 0 Å². The average Bonchev–Trinajstić information content (AvgIpc) is 2.46. The molecule has 0 heterocycles. The molecule has 2 aromatic carbocycles. The van der Waals surface area contributed by atoms with Crippen LogP contribution in [0.4, 0.5) is 0 Å². The standard InChI is InChI=1S/C11H16.C10H14O.CH4/c1-8(2)11-6-5-9(3)7-10(11)4;1-9(2)8-11-10-6-4-3-5-7-10;/h5-8H,1-4H3;3-7,9H,8H2,1-2H3;1H4. The van der Waals surface area contributed by atoms with Crippen molar-refractivity contribution in [2.75, 3.05) is 6.61 Å². The number of para-hydroxylation sites is 1. The normalized spacial score (nSPS) is 9.91. The lowest BCUT2D eigenvalue weighted by atomic mass is 9.97. The van der Waals surface area contributed by atoms with Gasteiger partial charge < -0.3 is 4.74 Å². The first-order valence-corrected chi connectivity index (χ1v) is 8.15. The second-order valence-corrected chi connectivity index (χ2v) is 6.53. The number of hydrogen-bond donors (Lipinski definition) is 0. The summed E-state index contributed by atoms with van der Waals surface area (Å²) in [5, 5.41) is 0. The zero-order valence-electron chi connectivity index (χ0n) is 14.9. The maximum atomic E-state index is 5.47. The summed E-state index contributed by atoms with van der Waals surface area (Å²) in [5.74, 6) is 2.20. The van der Waals surface area contributed by atoms with E-state index in [1.54, 1.807) is 0 Å². The largest absolute Gasteiger partial charge is 0.493 e. The van der Waals surface area contributed by atoms with Gasteiger partial charge in [-0.1, -0.05) is 77.1 Å². The second-order valence-electron chi connectivity index (χ2n) is 6.53. The Balaban J connectivity index is 0.000000403. The molecule has 1 nitrogen and oxygen atoms in total. The van der Waals surface area contributed by atoms with E-state index >= 15 is 0 Å². The van der Waals surface area contributed by atoms with Crippen molar-refractivity contribution in [2.24, 2.45) is 5.92 Å². The molecule has 0 bridgehead atoms. The van der Waals surface area contributed by atoms with Gasteiger partial charge in [0.05, 0.1) is 6.61 Å². The molecule has 0 aliphatic heterocycles. The molecular formula is C22H34O. The SMILES string of the molecule is C.CC(C)COc1ccccc1.Cc1ccc(C(C)C)c(C)c1. The van der Waals surface area contributed by atoms with Crippen LogP contribution in [0.15, 0.2) is 48.5 Å². The average molecular weight is 315 g/mol. The van der Waals surface area contributed by atoms with E-state index in [2.05, 4.69) is 59.7 Å². The molecule has 0 atom stereocenters. The van der Waals surface area contributed by atoms with Crippen LogP contribution in [0, 0.1) is 19.8 Å². The molecule has 1 heteroatoms. The van der Waals surface area contributed by atoms with E-state index in [1.807, 2.05) is 30.3 Å². The lowest BCUT2D eigenvalue weighted by Crippen LogP contribution is -2.03. The summed E-state index contributed by atoms with van der Waals surface area (Å²) in [4.78, 5) is 0. The lowest BCUT2D eigenvalue weighted by Gasteiger charge is -2.09. The van der Waals surface area contributed by atoms with Crippen LogP contribution in [0.1, 0.15) is 57.7 Å². The van der Waals surface area contributed by atoms with E-state index in [9.17, 15) is 0 Å². The molecule has 2 rings (SSSR count). The molecule has 0 aliphatic rings. The summed E-state index contributed by atoms with van der Waals surface area (Å²) >= 11 is 0. The van der Waals surface area contributed by atoms with Crippen LogP contribution in [-0.2, 0) is 0 Å². The first kappa shape index (κ1) is 21.2. The smallest absolute Gasteiger partial charge is 0.119 e. The van der Waals surface area contributed by atoms with Gasteiger partial charge in [-0.15, -0.1) is 0 Å². The minimum Gasteiger partial charge on any atom is -0.493 e. The maximum absolute atomic E-state index is 5.47. The van der Waals surface area contributed by atoms with E-state index < -0.39 is 0 Å². The fourth-order valence-electron chi connectivity index (χ4n) is 2.25. The molecule has 0 unspecified atom stereocenters. The van der Waals surface area contributed by atoms with Gasteiger partial charge in [0.15, 0.2) is 0 Å². The van der Waals surface area contributed by atoms with E-state index in [0.717, 1.165) is 12.4 Å². The van der Waals surface area contributed by atoms with Gasteiger partial charge in [0, 0.05) is 0 Å². The van der Waals surface area contributed by atoms with Gasteiger partial charge in [-0.2, -0.15) is 0 Å². The highest BCUT2D eigenvalue weighted by molar-refractivity contribution is 5.32. The Morgan fingerprint density at radius 1 is 0.870 bits per heavy atom. The van der Waals surface area contributed by atoms with Gasteiger partial charge in [0.25, 0.3) is 0 Å². The fraction of sp³-hybridized carbons (Fsp3) is 0.455. The third kappa shape index (κ3) is 8.44. The molecule has 0 amide bonds. The Morgan fingerprint density at radius 3 is 1.96 bits per heavy atom. The molecule has 0 radical (unpaired) electrons. The summed E-state index contributed by atoms with van der Waals surface area (Å²) < 4.78 is 5.47. The number of aryl methyl sites for hydroxylation is 2. The Hall–Kier alpha value is -1.76. The summed E-state index contributed by atoms with van der Waals surface area (Å²) in [7, 11) is 0. The number of benzene rings is 2. The van der Waals surface area contributed by atoms with Crippen LogP contribution < -0.4 is 4.74 Å². The van der Waals surface area contributed by atoms with E-state index in [-0.39, 0.29) is 7.43 Å². The third-order valence-corrected chi connectivity index (χ3v) is 3.37. The number of hydrogen-bond acceptors (Lipinski definition) is 1. The van der Waals surface area contributed by atoms with Gasteiger partial charge in [-0.05, 0) is 48.9 Å². The topological polar surface area (TPSA) is 9.23 Å². The number of ether oxygens (including phenoxy) is 1. The lowest BCUT2D eigenvalue weighted by molar-refractivity contribution is 0.271. The molecule has 0 saturated heterocycles. The van der Waals surface area contributed by atoms with E-state index in [0.29, 0.717) is 11.8 Å². The monoisotopic (exact) mass is 314 g/mol. The van der Waals surface area contributed by atoms with Gasteiger partial charge in [-0.25, -0.2) is 0 Å². The first-order chi connectivity index (χ1) is 10.4. The van der Waals surface area contributed by atoms with Crippen molar-refractivity contribution in [2.45, 2.75) is 54.9 Å². The van der Waals surface area contributed by atoms with Crippen LogP contribution >= 0.6 is 0 Å². The van der Waals surface area contributed by atoms with Gasteiger partial charge in [0.2, 0.25) is 0 Å². The summed E-state index contributed by atoms with van der Waals surface area (Å²) in [6.45, 7) is 13.9. The summed E-state index contributed by atoms with van der Waals surface area (Å²) in [6, 6.07) is 16.6. The van der Waals surface area contributed by atoms with Crippen molar-refractivity contribution in [1.29, 1.82) is 0 Å². The van der Waals surface area contributed by atoms with Gasteiger partial charge >= 0.3 is 0 Å². The molecule has 0 fully saturated rings. The van der Waals surface area contributed by atoms with Crippen molar-refractivity contribution in [3.63, 3.8) is 0 Å². The highest BCUT2D eigenvalue weighted by Gasteiger charge is 2.01. The molecule has 0 saturated carbocycles. The Morgan fingerprint density at radius 2 is 1.48 bits per heavy atom. The third-order valence-electron chi connectivity index (χ3n) is 3.37. The fourth-order valence-corrected chi connectivity index (χ4v) is 2.25. The molecule has 128 valence electrons. The van der Waals surface area contributed by atoms with Crippen molar-refractivity contribution in [3.8, 4) is 5.75 Å². The Kier molecular flexibility index (Phi) is 10.0. The molecule has 23 heavy (non-hydrogen) atoms. The quantitative estimate of drug-likeness (QED) is 0.604. The predicted molar refractivity (Wildman–Crippen MR) is 104 cm³/mol. The van der Waals surface area contributed by atoms with Crippen molar-refractivity contribution in [1.82, 2.24) is 0 Å². The van der Waals surface area contributed by atoms with Gasteiger partial charge in [0.1, 0.15) is 5.75 Å². The van der Waals surface area contributed by atoms with Crippen LogP contribution in [0.25, 0.3) is 0 Å². The summed E-state index contributed by atoms with van der Waals surface area (Å²) in [6.07, 6.45) is 0.